The number of carbonyl (C=O) groups excluding carboxylic acids is 1. The van der Waals surface area contributed by atoms with Crippen molar-refractivity contribution < 1.29 is 9.53 Å². The van der Waals surface area contributed by atoms with E-state index in [-0.39, 0.29) is 12.0 Å². The van der Waals surface area contributed by atoms with Gasteiger partial charge in [0.2, 0.25) is 0 Å². The number of carbonyl (C=O) groups is 1. The van der Waals surface area contributed by atoms with Gasteiger partial charge in [0.25, 0.3) is 0 Å². The second-order valence-electron chi connectivity index (χ2n) is 2.46. The van der Waals surface area contributed by atoms with Gasteiger partial charge in [0.05, 0.1) is 6.61 Å². The Morgan fingerprint density at radius 2 is 2.50 bits per heavy atom. The third-order valence-corrected chi connectivity index (χ3v) is 1.56. The van der Waals surface area contributed by atoms with E-state index in [1.807, 2.05) is 6.92 Å². The van der Waals surface area contributed by atoms with E-state index in [9.17, 15) is 4.79 Å². The number of esters is 1. The van der Waals surface area contributed by atoms with Gasteiger partial charge in [-0.2, -0.15) is 0 Å². The maximum Gasteiger partial charge on any atom is 0.323 e. The molecule has 0 aromatic carbocycles. The maximum absolute atomic E-state index is 10.9. The van der Waals surface area contributed by atoms with Gasteiger partial charge in [-0.25, -0.2) is 0 Å². The molecule has 0 bridgehead atoms. The van der Waals surface area contributed by atoms with E-state index >= 15 is 0 Å². The van der Waals surface area contributed by atoms with Crippen LogP contribution in [0.25, 0.3) is 0 Å². The molecule has 1 aliphatic heterocycles. The molecule has 0 aromatic heterocycles. The summed E-state index contributed by atoms with van der Waals surface area (Å²) in [4.78, 5) is 10.9. The Balaban J connectivity index is 2.08. The minimum Gasteiger partial charge on any atom is -0.465 e. The molecule has 0 saturated carbocycles. The molecule has 1 saturated heterocycles. The molecule has 1 fully saturated rings. The van der Waals surface area contributed by atoms with Crippen LogP contribution in [0.15, 0.2) is 0 Å². The van der Waals surface area contributed by atoms with Crippen LogP contribution in [0.4, 0.5) is 0 Å². The molecule has 1 rings (SSSR count). The molecule has 1 atom stereocenters. The highest BCUT2D eigenvalue weighted by molar-refractivity contribution is 5.76. The first kappa shape index (κ1) is 7.54. The van der Waals surface area contributed by atoms with Crippen LogP contribution < -0.4 is 5.32 Å². The van der Waals surface area contributed by atoms with E-state index in [0.717, 1.165) is 19.4 Å². The van der Waals surface area contributed by atoms with Crippen LogP contribution in [0.2, 0.25) is 0 Å². The highest BCUT2D eigenvalue weighted by atomic mass is 16.5. The average Bonchev–Trinajstić information content (AvgIpc) is 1.79. The van der Waals surface area contributed by atoms with Crippen molar-refractivity contribution in [1.29, 1.82) is 0 Å². The summed E-state index contributed by atoms with van der Waals surface area (Å²) in [7, 11) is 0. The number of ether oxygens (including phenoxy) is 1. The van der Waals surface area contributed by atoms with Crippen LogP contribution in [-0.4, -0.2) is 25.2 Å². The highest BCUT2D eigenvalue weighted by Gasteiger charge is 2.25. The van der Waals surface area contributed by atoms with Crippen molar-refractivity contribution in [3.05, 3.63) is 0 Å². The molecule has 1 unspecified atom stereocenters. The van der Waals surface area contributed by atoms with E-state index in [4.69, 9.17) is 4.74 Å². The zero-order valence-electron chi connectivity index (χ0n) is 6.22. The predicted molar refractivity (Wildman–Crippen MR) is 37.7 cm³/mol. The van der Waals surface area contributed by atoms with Crippen LogP contribution in [0.3, 0.4) is 0 Å². The summed E-state index contributed by atoms with van der Waals surface area (Å²) in [6, 6.07) is -0.00782. The minimum absolute atomic E-state index is 0.00782. The second kappa shape index (κ2) is 3.56. The van der Waals surface area contributed by atoms with Crippen molar-refractivity contribution in [2.75, 3.05) is 13.2 Å². The van der Waals surface area contributed by atoms with E-state index in [1.54, 1.807) is 0 Å². The molecule has 58 valence electrons. The molecule has 0 radical (unpaired) electrons. The number of rotatable bonds is 3. The largest absolute Gasteiger partial charge is 0.465 e. The molecule has 1 N–H and O–H groups in total. The number of hydrogen-bond donors (Lipinski definition) is 1. The molecule has 3 heteroatoms. The van der Waals surface area contributed by atoms with Crippen molar-refractivity contribution in [1.82, 2.24) is 5.32 Å². The molecule has 1 aliphatic rings. The molecule has 0 aliphatic carbocycles. The van der Waals surface area contributed by atoms with Gasteiger partial charge in [-0.3, -0.25) is 4.79 Å². The Kier molecular flexibility index (Phi) is 2.68. The number of hydrogen-bond acceptors (Lipinski definition) is 3. The lowest BCUT2D eigenvalue weighted by atomic mass is 10.1. The van der Waals surface area contributed by atoms with E-state index in [2.05, 4.69) is 5.32 Å². The van der Waals surface area contributed by atoms with Crippen LogP contribution in [0.5, 0.6) is 0 Å². The fourth-order valence-electron chi connectivity index (χ4n) is 0.793. The average molecular weight is 143 g/mol. The van der Waals surface area contributed by atoms with Gasteiger partial charge >= 0.3 is 5.97 Å². The first-order valence-electron chi connectivity index (χ1n) is 3.74. The standard InChI is InChI=1S/C7H13NO2/c1-2-5-10-7(9)6-3-4-8-6/h6,8H,2-5H2,1H3. The van der Waals surface area contributed by atoms with Crippen molar-refractivity contribution in [3.8, 4) is 0 Å². The van der Waals surface area contributed by atoms with Crippen molar-refractivity contribution in [3.63, 3.8) is 0 Å². The topological polar surface area (TPSA) is 38.3 Å². The predicted octanol–water partition coefficient (Wildman–Crippen LogP) is 0.301. The van der Waals surface area contributed by atoms with Crippen molar-refractivity contribution in [2.24, 2.45) is 0 Å². The van der Waals surface area contributed by atoms with Gasteiger partial charge in [0.15, 0.2) is 0 Å². The third kappa shape index (κ3) is 1.70. The van der Waals surface area contributed by atoms with Crippen LogP contribution in [0.1, 0.15) is 19.8 Å². The molecule has 1 heterocycles. The van der Waals surface area contributed by atoms with E-state index in [1.165, 1.54) is 0 Å². The summed E-state index contributed by atoms with van der Waals surface area (Å²) < 4.78 is 4.89. The van der Waals surface area contributed by atoms with Crippen LogP contribution in [0, 0.1) is 0 Å². The molecule has 0 aromatic rings. The zero-order valence-corrected chi connectivity index (χ0v) is 6.22. The van der Waals surface area contributed by atoms with E-state index in [0.29, 0.717) is 6.61 Å². The smallest absolute Gasteiger partial charge is 0.323 e. The fourth-order valence-corrected chi connectivity index (χ4v) is 0.793. The van der Waals surface area contributed by atoms with Crippen LogP contribution >= 0.6 is 0 Å². The normalized spacial score (nSPS) is 23.5. The lowest BCUT2D eigenvalue weighted by molar-refractivity contribution is -0.148. The Morgan fingerprint density at radius 3 is 2.90 bits per heavy atom. The van der Waals surface area contributed by atoms with Crippen molar-refractivity contribution >= 4 is 5.97 Å². The lowest BCUT2D eigenvalue weighted by Gasteiger charge is -2.25. The SMILES string of the molecule is CCCOC(=O)C1CCN1. The molecule has 10 heavy (non-hydrogen) atoms. The maximum atomic E-state index is 10.9. The quantitative estimate of drug-likeness (QED) is 0.577. The summed E-state index contributed by atoms with van der Waals surface area (Å²) in [5, 5.41) is 2.98. The molecule has 3 nitrogen and oxygen atoms in total. The van der Waals surface area contributed by atoms with Gasteiger partial charge in [-0.1, -0.05) is 6.92 Å². The Labute approximate surface area is 60.7 Å². The molecule has 0 spiro atoms. The molecule has 0 amide bonds. The number of nitrogens with one attached hydrogen (secondary N) is 1. The van der Waals surface area contributed by atoms with Gasteiger partial charge in [-0.15, -0.1) is 0 Å². The highest BCUT2D eigenvalue weighted by Crippen LogP contribution is 2.03. The van der Waals surface area contributed by atoms with Gasteiger partial charge in [0, 0.05) is 0 Å². The monoisotopic (exact) mass is 143 g/mol. The molecular formula is C7H13NO2. The van der Waals surface area contributed by atoms with Gasteiger partial charge in [-0.05, 0) is 19.4 Å². The first-order chi connectivity index (χ1) is 4.84. The third-order valence-electron chi connectivity index (χ3n) is 1.56. The lowest BCUT2D eigenvalue weighted by Crippen LogP contribution is -2.49. The summed E-state index contributed by atoms with van der Waals surface area (Å²) in [5.74, 6) is -0.0897. The summed E-state index contributed by atoms with van der Waals surface area (Å²) in [6.45, 7) is 3.49. The van der Waals surface area contributed by atoms with E-state index < -0.39 is 0 Å². The Morgan fingerprint density at radius 1 is 1.80 bits per heavy atom. The Hall–Kier alpha value is -0.570. The summed E-state index contributed by atoms with van der Waals surface area (Å²) in [5.41, 5.74) is 0. The minimum atomic E-state index is -0.0897. The Bertz CT molecular complexity index is 121. The fraction of sp³-hybridized carbons (Fsp3) is 0.857. The molecular weight excluding hydrogens is 130 g/mol. The summed E-state index contributed by atoms with van der Waals surface area (Å²) in [6.07, 6.45) is 1.83. The van der Waals surface area contributed by atoms with Crippen molar-refractivity contribution in [2.45, 2.75) is 25.8 Å². The second-order valence-corrected chi connectivity index (χ2v) is 2.46. The van der Waals surface area contributed by atoms with Gasteiger partial charge in [0.1, 0.15) is 6.04 Å². The zero-order chi connectivity index (χ0) is 7.40. The van der Waals surface area contributed by atoms with Crippen LogP contribution in [-0.2, 0) is 9.53 Å². The summed E-state index contributed by atoms with van der Waals surface area (Å²) >= 11 is 0. The van der Waals surface area contributed by atoms with Gasteiger partial charge < -0.3 is 10.1 Å². The first-order valence-corrected chi connectivity index (χ1v) is 3.74.